The van der Waals surface area contributed by atoms with Gasteiger partial charge in [-0.05, 0) is 68.1 Å². The van der Waals surface area contributed by atoms with E-state index in [2.05, 4.69) is 15.2 Å². The van der Waals surface area contributed by atoms with Crippen molar-refractivity contribution in [1.82, 2.24) is 4.98 Å². The number of esters is 1. The maximum absolute atomic E-state index is 14.1. The Morgan fingerprint density at radius 3 is 2.50 bits per heavy atom. The number of piperidine rings is 1. The number of benzene rings is 2. The molecule has 1 aliphatic rings. The number of hydrogen-bond acceptors (Lipinski definition) is 5. The van der Waals surface area contributed by atoms with Crippen LogP contribution in [0.2, 0.25) is 0 Å². The van der Waals surface area contributed by atoms with E-state index in [4.69, 9.17) is 4.74 Å². The summed E-state index contributed by atoms with van der Waals surface area (Å²) < 4.78 is 19.3. The molecule has 1 saturated heterocycles. The highest BCUT2D eigenvalue weighted by molar-refractivity contribution is 6.04. The van der Waals surface area contributed by atoms with Crippen LogP contribution in [0.4, 0.5) is 15.9 Å². The van der Waals surface area contributed by atoms with Crippen LogP contribution < -0.4 is 10.2 Å². The maximum atomic E-state index is 14.1. The van der Waals surface area contributed by atoms with E-state index in [9.17, 15) is 14.0 Å². The van der Waals surface area contributed by atoms with Crippen molar-refractivity contribution in [3.63, 3.8) is 0 Å². The lowest BCUT2D eigenvalue weighted by atomic mass is 9.97. The van der Waals surface area contributed by atoms with E-state index in [0.717, 1.165) is 42.9 Å². The highest BCUT2D eigenvalue weighted by atomic mass is 19.1. The summed E-state index contributed by atoms with van der Waals surface area (Å²) in [5.74, 6) is 0.0505. The van der Waals surface area contributed by atoms with E-state index in [1.54, 1.807) is 36.5 Å². The second kappa shape index (κ2) is 10.5. The minimum atomic E-state index is -0.279. The van der Waals surface area contributed by atoms with Crippen molar-refractivity contribution < 1.29 is 18.7 Å². The van der Waals surface area contributed by atoms with E-state index >= 15 is 0 Å². The van der Waals surface area contributed by atoms with Crippen molar-refractivity contribution in [3.8, 4) is 11.1 Å². The molecule has 1 fully saturated rings. The number of aromatic nitrogens is 1. The molecule has 34 heavy (non-hydrogen) atoms. The molecule has 1 amide bonds. The van der Waals surface area contributed by atoms with Gasteiger partial charge in [-0.25, -0.2) is 9.37 Å². The van der Waals surface area contributed by atoms with Crippen LogP contribution in [0, 0.1) is 18.7 Å². The third kappa shape index (κ3) is 5.25. The first-order chi connectivity index (χ1) is 16.5. The van der Waals surface area contributed by atoms with Gasteiger partial charge in [0.05, 0.1) is 18.1 Å². The number of anilines is 2. The molecular weight excluding hydrogens is 433 g/mol. The molecule has 6 nitrogen and oxygen atoms in total. The zero-order chi connectivity index (χ0) is 24.1. The average Bonchev–Trinajstić information content (AvgIpc) is 2.85. The molecule has 0 aliphatic carbocycles. The lowest BCUT2D eigenvalue weighted by molar-refractivity contribution is -0.148. The van der Waals surface area contributed by atoms with Gasteiger partial charge in [-0.2, -0.15) is 0 Å². The van der Waals surface area contributed by atoms with Crippen LogP contribution >= 0.6 is 0 Å². The second-order valence-electron chi connectivity index (χ2n) is 8.38. The maximum Gasteiger partial charge on any atom is 0.309 e. The molecular formula is C27H28FN3O3. The number of nitrogens with one attached hydrogen (secondary N) is 1. The molecule has 176 valence electrons. The minimum absolute atomic E-state index is 0.0607. The average molecular weight is 462 g/mol. The third-order valence-electron chi connectivity index (χ3n) is 6.10. The number of aryl methyl sites for hydroxylation is 1. The van der Waals surface area contributed by atoms with Crippen molar-refractivity contribution in [2.45, 2.75) is 26.7 Å². The molecule has 0 spiro atoms. The number of amides is 1. The quantitative estimate of drug-likeness (QED) is 0.509. The largest absolute Gasteiger partial charge is 0.466 e. The van der Waals surface area contributed by atoms with Gasteiger partial charge in [-0.3, -0.25) is 9.59 Å². The zero-order valence-electron chi connectivity index (χ0n) is 19.4. The molecule has 1 N–H and O–H groups in total. The van der Waals surface area contributed by atoms with Crippen LogP contribution in [0.5, 0.6) is 0 Å². The van der Waals surface area contributed by atoms with Crippen LogP contribution in [0.3, 0.4) is 0 Å². The summed E-state index contributed by atoms with van der Waals surface area (Å²) in [6.45, 7) is 5.54. The van der Waals surface area contributed by atoms with Crippen molar-refractivity contribution in [1.29, 1.82) is 0 Å². The normalized spacial score (nSPS) is 14.0. The van der Waals surface area contributed by atoms with Gasteiger partial charge >= 0.3 is 5.97 Å². The Labute approximate surface area is 198 Å². The number of nitrogens with zero attached hydrogens (tertiary/aromatic N) is 2. The molecule has 1 aromatic heterocycles. The first-order valence-electron chi connectivity index (χ1n) is 11.5. The molecule has 1 aliphatic heterocycles. The number of hydrogen-bond donors (Lipinski definition) is 1. The number of carbonyl (C=O) groups is 2. The summed E-state index contributed by atoms with van der Waals surface area (Å²) in [5, 5.41) is 2.88. The van der Waals surface area contributed by atoms with Crippen LogP contribution in [0.15, 0.2) is 60.8 Å². The molecule has 3 aromatic rings. The Morgan fingerprint density at radius 1 is 1.09 bits per heavy atom. The summed E-state index contributed by atoms with van der Waals surface area (Å²) >= 11 is 0. The molecule has 0 radical (unpaired) electrons. The summed E-state index contributed by atoms with van der Waals surface area (Å²) in [6.07, 6.45) is 3.01. The monoisotopic (exact) mass is 461 g/mol. The minimum Gasteiger partial charge on any atom is -0.466 e. The molecule has 0 bridgehead atoms. The lowest BCUT2D eigenvalue weighted by Crippen LogP contribution is -2.37. The van der Waals surface area contributed by atoms with Gasteiger partial charge in [-0.15, -0.1) is 0 Å². The topological polar surface area (TPSA) is 71.5 Å². The summed E-state index contributed by atoms with van der Waals surface area (Å²) in [4.78, 5) is 31.2. The third-order valence-corrected chi connectivity index (χ3v) is 6.10. The lowest BCUT2D eigenvalue weighted by Gasteiger charge is -2.31. The number of pyridine rings is 1. The van der Waals surface area contributed by atoms with Crippen LogP contribution in [0.1, 0.15) is 35.7 Å². The molecule has 4 rings (SSSR count). The first-order valence-corrected chi connectivity index (χ1v) is 11.5. The Bertz CT molecular complexity index is 1170. The van der Waals surface area contributed by atoms with Gasteiger partial charge in [0.25, 0.3) is 5.91 Å². The highest BCUT2D eigenvalue weighted by Crippen LogP contribution is 2.28. The van der Waals surface area contributed by atoms with E-state index in [1.807, 2.05) is 32.0 Å². The Balaban J connectivity index is 1.38. The van der Waals surface area contributed by atoms with Crippen LogP contribution in [-0.2, 0) is 9.53 Å². The zero-order valence-corrected chi connectivity index (χ0v) is 19.4. The number of rotatable bonds is 6. The molecule has 0 saturated carbocycles. The van der Waals surface area contributed by atoms with Crippen LogP contribution in [-0.4, -0.2) is 36.6 Å². The van der Waals surface area contributed by atoms with Gasteiger partial charge < -0.3 is 15.0 Å². The number of ether oxygens (including phenoxy) is 1. The number of carbonyl (C=O) groups excluding carboxylic acids is 2. The van der Waals surface area contributed by atoms with E-state index in [1.165, 1.54) is 6.07 Å². The predicted octanol–water partition coefficient (Wildman–Crippen LogP) is 5.23. The molecule has 7 heteroatoms. The fourth-order valence-electron chi connectivity index (χ4n) is 4.24. The Kier molecular flexibility index (Phi) is 7.21. The van der Waals surface area contributed by atoms with E-state index < -0.39 is 0 Å². The van der Waals surface area contributed by atoms with Gasteiger partial charge in [-0.1, -0.05) is 24.3 Å². The van der Waals surface area contributed by atoms with Gasteiger partial charge in [0.1, 0.15) is 11.6 Å². The summed E-state index contributed by atoms with van der Waals surface area (Å²) in [5.41, 5.74) is 3.26. The van der Waals surface area contributed by atoms with Gasteiger partial charge in [0, 0.05) is 30.5 Å². The fourth-order valence-corrected chi connectivity index (χ4v) is 4.24. The Hall–Kier alpha value is -3.74. The van der Waals surface area contributed by atoms with Crippen molar-refractivity contribution in [3.05, 3.63) is 77.7 Å². The van der Waals surface area contributed by atoms with Crippen molar-refractivity contribution >= 4 is 23.4 Å². The SMILES string of the molecule is CCOC(=O)C1CCN(c2ccc(C(=O)Nc3ccc(-c4ccccc4F)c(C)c3)cn2)CC1. The van der Waals surface area contributed by atoms with Crippen molar-refractivity contribution in [2.24, 2.45) is 5.92 Å². The molecule has 2 heterocycles. The first kappa shape index (κ1) is 23.4. The standard InChI is InChI=1S/C27H28FN3O3/c1-3-34-27(33)19-12-14-31(15-13-19)25-11-8-20(17-29-25)26(32)30-21-9-10-22(18(2)16-21)23-6-4-5-7-24(23)28/h4-11,16-17,19H,3,12-15H2,1-2H3,(H,30,32). The van der Waals surface area contributed by atoms with E-state index in [0.29, 0.717) is 23.4 Å². The highest BCUT2D eigenvalue weighted by Gasteiger charge is 2.26. The fraction of sp³-hybridized carbons (Fsp3) is 0.296. The molecule has 2 aromatic carbocycles. The van der Waals surface area contributed by atoms with Crippen molar-refractivity contribution in [2.75, 3.05) is 29.9 Å². The van der Waals surface area contributed by atoms with Gasteiger partial charge in [0.2, 0.25) is 0 Å². The van der Waals surface area contributed by atoms with Crippen LogP contribution in [0.25, 0.3) is 11.1 Å². The Morgan fingerprint density at radius 2 is 1.85 bits per heavy atom. The summed E-state index contributed by atoms with van der Waals surface area (Å²) in [7, 11) is 0. The predicted molar refractivity (Wildman–Crippen MR) is 130 cm³/mol. The smallest absolute Gasteiger partial charge is 0.309 e. The summed E-state index contributed by atoms with van der Waals surface area (Å²) in [6, 6.07) is 15.6. The van der Waals surface area contributed by atoms with Gasteiger partial charge in [0.15, 0.2) is 0 Å². The molecule has 0 atom stereocenters. The molecule has 0 unspecified atom stereocenters. The number of halogens is 1. The second-order valence-corrected chi connectivity index (χ2v) is 8.38. The van der Waals surface area contributed by atoms with E-state index in [-0.39, 0.29) is 23.6 Å².